The number of carbonyl (C=O) groups is 1. The Balaban J connectivity index is 2.25. The number of nitrogens with zero attached hydrogens (tertiary/aromatic N) is 1. The summed E-state index contributed by atoms with van der Waals surface area (Å²) in [6.45, 7) is 0. The van der Waals surface area contributed by atoms with Crippen molar-refractivity contribution in [1.82, 2.24) is 4.98 Å². The van der Waals surface area contributed by atoms with Crippen molar-refractivity contribution in [3.63, 3.8) is 0 Å². The molecule has 0 fully saturated rings. The van der Waals surface area contributed by atoms with Gasteiger partial charge in [0, 0.05) is 18.0 Å². The smallest absolute Gasteiger partial charge is 0.256 e. The number of carbonyl (C=O) groups excluding carboxylic acids is 1. The molecule has 1 N–H and O–H groups in total. The van der Waals surface area contributed by atoms with Crippen molar-refractivity contribution >= 4 is 21.6 Å². The Morgan fingerprint density at radius 2 is 1.95 bits per heavy atom. The van der Waals surface area contributed by atoms with Gasteiger partial charge in [-0.3, -0.25) is 4.79 Å². The van der Waals surface area contributed by atoms with E-state index in [9.17, 15) is 13.2 Å². The molecule has 0 bridgehead atoms. The van der Waals surface area contributed by atoms with Gasteiger partial charge >= 0.3 is 0 Å². The minimum atomic E-state index is -3.33. The van der Waals surface area contributed by atoms with Gasteiger partial charge in [0.05, 0.1) is 4.90 Å². The number of anilines is 1. The molecule has 2 aromatic rings. The van der Waals surface area contributed by atoms with Crippen LogP contribution in [0.25, 0.3) is 0 Å². The first kappa shape index (κ1) is 13.2. The van der Waals surface area contributed by atoms with E-state index in [2.05, 4.69) is 10.3 Å². The van der Waals surface area contributed by atoms with Crippen molar-refractivity contribution in [3.05, 3.63) is 54.2 Å². The lowest BCUT2D eigenvalue weighted by Gasteiger charge is -2.05. The molecule has 0 aliphatic carbocycles. The number of amides is 1. The summed E-state index contributed by atoms with van der Waals surface area (Å²) in [7, 11) is -3.33. The molecular formula is C13H12N2O3S. The highest BCUT2D eigenvalue weighted by atomic mass is 32.2. The predicted molar refractivity (Wildman–Crippen MR) is 71.7 cm³/mol. The average Bonchev–Trinajstić information content (AvgIpc) is 2.39. The van der Waals surface area contributed by atoms with Crippen molar-refractivity contribution in [2.45, 2.75) is 4.90 Å². The Morgan fingerprint density at radius 3 is 2.58 bits per heavy atom. The first-order chi connectivity index (χ1) is 8.97. The van der Waals surface area contributed by atoms with Crippen molar-refractivity contribution in [2.24, 2.45) is 0 Å². The number of rotatable bonds is 3. The second-order valence-electron chi connectivity index (χ2n) is 3.97. The van der Waals surface area contributed by atoms with Crippen molar-refractivity contribution in [3.8, 4) is 0 Å². The number of hydrogen-bond acceptors (Lipinski definition) is 4. The second-order valence-corrected chi connectivity index (χ2v) is 5.98. The van der Waals surface area contributed by atoms with E-state index in [1.54, 1.807) is 30.5 Å². The van der Waals surface area contributed by atoms with Gasteiger partial charge in [-0.25, -0.2) is 13.4 Å². The summed E-state index contributed by atoms with van der Waals surface area (Å²) in [6.07, 6.45) is 2.66. The lowest BCUT2D eigenvalue weighted by atomic mass is 10.2. The van der Waals surface area contributed by atoms with Gasteiger partial charge in [0.15, 0.2) is 9.84 Å². The van der Waals surface area contributed by atoms with Gasteiger partial charge in [0.25, 0.3) is 5.91 Å². The third kappa shape index (κ3) is 3.38. The Kier molecular flexibility index (Phi) is 3.62. The minimum absolute atomic E-state index is 0.112. The Hall–Kier alpha value is -2.21. The van der Waals surface area contributed by atoms with Gasteiger partial charge in [-0.1, -0.05) is 12.1 Å². The number of pyridine rings is 1. The number of hydrogen-bond donors (Lipinski definition) is 1. The molecule has 98 valence electrons. The standard InChI is InChI=1S/C13H12N2O3S/c1-19(17,18)11-6-4-5-10(9-11)13(16)15-12-7-2-3-8-14-12/h2-9H,1H3,(H,14,15,16). The zero-order valence-corrected chi connectivity index (χ0v) is 11.0. The Morgan fingerprint density at radius 1 is 1.16 bits per heavy atom. The third-order valence-electron chi connectivity index (χ3n) is 2.43. The van der Waals surface area contributed by atoms with Crippen LogP contribution in [0.2, 0.25) is 0 Å². The van der Waals surface area contributed by atoms with E-state index in [0.717, 1.165) is 6.26 Å². The lowest BCUT2D eigenvalue weighted by molar-refractivity contribution is 0.102. The zero-order chi connectivity index (χ0) is 13.9. The fourth-order valence-electron chi connectivity index (χ4n) is 1.49. The summed E-state index contributed by atoms with van der Waals surface area (Å²) in [6, 6.07) is 11.0. The SMILES string of the molecule is CS(=O)(=O)c1cccc(C(=O)Nc2ccccn2)c1. The summed E-state index contributed by atoms with van der Waals surface area (Å²) in [5.74, 6) is 0.0152. The summed E-state index contributed by atoms with van der Waals surface area (Å²) >= 11 is 0. The van der Waals surface area contributed by atoms with Gasteiger partial charge in [-0.15, -0.1) is 0 Å². The van der Waals surface area contributed by atoms with E-state index in [-0.39, 0.29) is 10.5 Å². The molecule has 1 aromatic heterocycles. The van der Waals surface area contributed by atoms with Crippen LogP contribution in [0.1, 0.15) is 10.4 Å². The molecule has 0 saturated heterocycles. The van der Waals surface area contributed by atoms with Crippen LogP contribution in [0.4, 0.5) is 5.82 Å². The normalized spacial score (nSPS) is 11.0. The maximum Gasteiger partial charge on any atom is 0.256 e. The lowest BCUT2D eigenvalue weighted by Crippen LogP contribution is -2.13. The van der Waals surface area contributed by atoms with Crippen molar-refractivity contribution in [2.75, 3.05) is 11.6 Å². The van der Waals surface area contributed by atoms with Crippen LogP contribution in [-0.4, -0.2) is 25.6 Å². The molecule has 1 aromatic carbocycles. The third-order valence-corrected chi connectivity index (χ3v) is 3.54. The number of aromatic nitrogens is 1. The summed E-state index contributed by atoms with van der Waals surface area (Å²) < 4.78 is 22.8. The molecular weight excluding hydrogens is 264 g/mol. The van der Waals surface area contributed by atoms with E-state index < -0.39 is 15.7 Å². The summed E-state index contributed by atoms with van der Waals surface area (Å²) in [5, 5.41) is 2.59. The van der Waals surface area contributed by atoms with Crippen molar-refractivity contribution in [1.29, 1.82) is 0 Å². The molecule has 0 aliphatic heterocycles. The number of sulfone groups is 1. The van der Waals surface area contributed by atoms with Gasteiger partial charge in [-0.2, -0.15) is 0 Å². The fourth-order valence-corrected chi connectivity index (χ4v) is 2.16. The summed E-state index contributed by atoms with van der Waals surface area (Å²) in [4.78, 5) is 16.0. The molecule has 19 heavy (non-hydrogen) atoms. The van der Waals surface area contributed by atoms with Crippen LogP contribution < -0.4 is 5.32 Å². The van der Waals surface area contributed by atoms with E-state index in [1.807, 2.05) is 0 Å². The highest BCUT2D eigenvalue weighted by molar-refractivity contribution is 7.90. The van der Waals surface area contributed by atoms with E-state index >= 15 is 0 Å². The van der Waals surface area contributed by atoms with Crippen LogP contribution in [0.3, 0.4) is 0 Å². The Labute approximate surface area is 111 Å². The highest BCUT2D eigenvalue weighted by Crippen LogP contribution is 2.12. The summed E-state index contributed by atoms with van der Waals surface area (Å²) in [5.41, 5.74) is 0.272. The molecule has 6 heteroatoms. The maximum absolute atomic E-state index is 11.9. The average molecular weight is 276 g/mol. The second kappa shape index (κ2) is 5.19. The first-order valence-corrected chi connectivity index (χ1v) is 7.38. The van der Waals surface area contributed by atoms with Crippen LogP contribution in [0.15, 0.2) is 53.6 Å². The molecule has 1 heterocycles. The molecule has 2 rings (SSSR count). The predicted octanol–water partition coefficient (Wildman–Crippen LogP) is 1.74. The van der Waals surface area contributed by atoms with Gasteiger partial charge in [-0.05, 0) is 30.3 Å². The molecule has 0 spiro atoms. The zero-order valence-electron chi connectivity index (χ0n) is 10.2. The van der Waals surface area contributed by atoms with Gasteiger partial charge in [0.1, 0.15) is 5.82 Å². The van der Waals surface area contributed by atoms with E-state index in [4.69, 9.17) is 0 Å². The van der Waals surface area contributed by atoms with Crippen molar-refractivity contribution < 1.29 is 13.2 Å². The van der Waals surface area contributed by atoms with Crippen LogP contribution in [0, 0.1) is 0 Å². The quantitative estimate of drug-likeness (QED) is 0.926. The largest absolute Gasteiger partial charge is 0.307 e. The van der Waals surface area contributed by atoms with E-state index in [1.165, 1.54) is 18.2 Å². The number of nitrogens with one attached hydrogen (secondary N) is 1. The minimum Gasteiger partial charge on any atom is -0.307 e. The molecule has 1 amide bonds. The van der Waals surface area contributed by atoms with E-state index in [0.29, 0.717) is 5.82 Å². The number of benzene rings is 1. The van der Waals surface area contributed by atoms with Crippen LogP contribution in [-0.2, 0) is 9.84 Å². The van der Waals surface area contributed by atoms with Crippen LogP contribution >= 0.6 is 0 Å². The molecule has 0 unspecified atom stereocenters. The molecule has 5 nitrogen and oxygen atoms in total. The molecule has 0 aliphatic rings. The molecule has 0 atom stereocenters. The highest BCUT2D eigenvalue weighted by Gasteiger charge is 2.11. The van der Waals surface area contributed by atoms with Gasteiger partial charge in [0.2, 0.25) is 0 Å². The first-order valence-electron chi connectivity index (χ1n) is 5.49. The maximum atomic E-state index is 11.9. The molecule has 0 saturated carbocycles. The monoisotopic (exact) mass is 276 g/mol. The Bertz CT molecular complexity index is 697. The van der Waals surface area contributed by atoms with Gasteiger partial charge < -0.3 is 5.32 Å². The topological polar surface area (TPSA) is 76.1 Å². The molecule has 0 radical (unpaired) electrons. The fraction of sp³-hybridized carbons (Fsp3) is 0.0769. The van der Waals surface area contributed by atoms with Crippen LogP contribution in [0.5, 0.6) is 0 Å².